The molecule has 33 heavy (non-hydrogen) atoms. The first-order chi connectivity index (χ1) is 15.4. The van der Waals surface area contributed by atoms with Gasteiger partial charge in [-0.3, -0.25) is 19.3 Å². The predicted molar refractivity (Wildman–Crippen MR) is 112 cm³/mol. The van der Waals surface area contributed by atoms with Gasteiger partial charge in [0.25, 0.3) is 11.8 Å². The number of rotatable bonds is 6. The van der Waals surface area contributed by atoms with Crippen LogP contribution in [0.4, 0.5) is 23.7 Å². The fraction of sp³-hybridized carbons (Fsp3) is 0.273. The van der Waals surface area contributed by atoms with Gasteiger partial charge in [-0.15, -0.1) is 0 Å². The lowest BCUT2D eigenvalue weighted by atomic mass is 9.91. The lowest BCUT2D eigenvalue weighted by Gasteiger charge is -2.22. The summed E-state index contributed by atoms with van der Waals surface area (Å²) in [6, 6.07) is 11.6. The molecule has 1 aliphatic rings. The van der Waals surface area contributed by atoms with Gasteiger partial charge in [0, 0.05) is 11.3 Å². The second-order valence-corrected chi connectivity index (χ2v) is 7.74. The maximum Gasteiger partial charge on any atom is 0.405 e. The van der Waals surface area contributed by atoms with Crippen LogP contribution in [-0.4, -0.2) is 47.9 Å². The quantitative estimate of drug-likeness (QED) is 0.574. The van der Waals surface area contributed by atoms with E-state index in [1.165, 1.54) is 24.3 Å². The number of aryl methyl sites for hydroxylation is 1. The van der Waals surface area contributed by atoms with Crippen LogP contribution in [-0.2, 0) is 15.1 Å². The van der Waals surface area contributed by atoms with Gasteiger partial charge in [-0.2, -0.15) is 13.2 Å². The van der Waals surface area contributed by atoms with E-state index in [0.717, 1.165) is 10.5 Å². The van der Waals surface area contributed by atoms with Crippen LogP contribution in [0.25, 0.3) is 0 Å². The molecule has 11 heteroatoms. The number of carbonyl (C=O) groups is 4. The van der Waals surface area contributed by atoms with E-state index in [-0.39, 0.29) is 11.3 Å². The van der Waals surface area contributed by atoms with E-state index in [2.05, 4.69) is 10.6 Å². The van der Waals surface area contributed by atoms with Crippen LogP contribution >= 0.6 is 0 Å². The van der Waals surface area contributed by atoms with Gasteiger partial charge in [-0.25, -0.2) is 4.79 Å². The molecule has 0 spiro atoms. The summed E-state index contributed by atoms with van der Waals surface area (Å²) in [6.45, 7) is 1.34. The number of benzene rings is 2. The maximum absolute atomic E-state index is 12.9. The number of hydrogen-bond donors (Lipinski definition) is 3. The van der Waals surface area contributed by atoms with Gasteiger partial charge in [0.1, 0.15) is 18.6 Å². The van der Waals surface area contributed by atoms with Crippen LogP contribution in [0.1, 0.15) is 28.4 Å². The van der Waals surface area contributed by atoms with Crippen molar-refractivity contribution in [1.29, 1.82) is 0 Å². The Labute approximate surface area is 187 Å². The van der Waals surface area contributed by atoms with Crippen LogP contribution in [0.2, 0.25) is 0 Å². The Hall–Kier alpha value is -3.89. The number of nitrogens with zero attached hydrogens (tertiary/aromatic N) is 1. The number of amides is 5. The van der Waals surface area contributed by atoms with Crippen molar-refractivity contribution < 1.29 is 32.3 Å². The Kier molecular flexibility index (Phi) is 6.43. The maximum atomic E-state index is 12.9. The molecule has 0 unspecified atom stereocenters. The normalized spacial score (nSPS) is 18.2. The number of hydrogen-bond acceptors (Lipinski definition) is 4. The third-order valence-electron chi connectivity index (χ3n) is 5.06. The van der Waals surface area contributed by atoms with Gasteiger partial charge in [-0.05, 0) is 37.6 Å². The molecule has 0 bridgehead atoms. The fourth-order valence-corrected chi connectivity index (χ4v) is 3.29. The lowest BCUT2D eigenvalue weighted by molar-refractivity contribution is -0.133. The van der Waals surface area contributed by atoms with E-state index in [1.54, 1.807) is 36.5 Å². The monoisotopic (exact) mass is 462 g/mol. The fourth-order valence-electron chi connectivity index (χ4n) is 3.29. The van der Waals surface area contributed by atoms with Crippen molar-refractivity contribution in [3.63, 3.8) is 0 Å². The molecule has 0 radical (unpaired) electrons. The minimum atomic E-state index is -4.56. The second kappa shape index (κ2) is 8.93. The van der Waals surface area contributed by atoms with Crippen molar-refractivity contribution in [2.75, 3.05) is 18.4 Å². The summed E-state index contributed by atoms with van der Waals surface area (Å²) in [4.78, 5) is 50.4. The van der Waals surface area contributed by atoms with Crippen LogP contribution in [0.15, 0.2) is 48.5 Å². The van der Waals surface area contributed by atoms with Crippen LogP contribution in [0, 0.1) is 6.92 Å². The first-order valence-electron chi connectivity index (χ1n) is 9.85. The minimum absolute atomic E-state index is 0.0982. The Balaban J connectivity index is 1.66. The highest BCUT2D eigenvalue weighted by atomic mass is 19.4. The lowest BCUT2D eigenvalue weighted by Crippen LogP contribution is -2.42. The smallest absolute Gasteiger partial charge is 0.343 e. The van der Waals surface area contributed by atoms with Crippen molar-refractivity contribution in [2.45, 2.75) is 25.6 Å². The van der Waals surface area contributed by atoms with Crippen molar-refractivity contribution in [3.05, 3.63) is 65.2 Å². The summed E-state index contributed by atoms with van der Waals surface area (Å²) in [6.07, 6.45) is -4.56. The topological polar surface area (TPSA) is 108 Å². The molecule has 0 aliphatic carbocycles. The summed E-state index contributed by atoms with van der Waals surface area (Å²) >= 11 is 0. The Bertz CT molecular complexity index is 1100. The molecule has 1 atom stereocenters. The largest absolute Gasteiger partial charge is 0.405 e. The number of imide groups is 1. The second-order valence-electron chi connectivity index (χ2n) is 7.74. The molecule has 3 N–H and O–H groups in total. The molecule has 1 aliphatic heterocycles. The first-order valence-corrected chi connectivity index (χ1v) is 9.85. The Morgan fingerprint density at radius 2 is 1.76 bits per heavy atom. The third-order valence-corrected chi connectivity index (χ3v) is 5.06. The van der Waals surface area contributed by atoms with Crippen molar-refractivity contribution >= 4 is 29.4 Å². The molecule has 2 aromatic rings. The summed E-state index contributed by atoms with van der Waals surface area (Å²) in [7, 11) is 0. The van der Waals surface area contributed by atoms with E-state index >= 15 is 0 Å². The summed E-state index contributed by atoms with van der Waals surface area (Å²) in [5, 5.41) is 6.77. The SMILES string of the molecule is Cc1ccc([C@]2(C)NC(=O)N(CC(=O)Nc3cccc(C(=O)NCC(F)(F)F)c3)C2=O)cc1. The minimum Gasteiger partial charge on any atom is -0.343 e. The van der Waals surface area contributed by atoms with Gasteiger partial charge in [0.05, 0.1) is 0 Å². The number of urea groups is 1. The van der Waals surface area contributed by atoms with E-state index < -0.39 is 48.6 Å². The Morgan fingerprint density at radius 3 is 2.39 bits per heavy atom. The number of nitrogens with one attached hydrogen (secondary N) is 3. The van der Waals surface area contributed by atoms with E-state index in [9.17, 15) is 32.3 Å². The zero-order chi connectivity index (χ0) is 24.4. The van der Waals surface area contributed by atoms with E-state index in [0.29, 0.717) is 5.56 Å². The molecule has 174 valence electrons. The third kappa shape index (κ3) is 5.48. The highest BCUT2D eigenvalue weighted by molar-refractivity contribution is 6.10. The van der Waals surface area contributed by atoms with Gasteiger partial charge < -0.3 is 16.0 Å². The molecule has 1 saturated heterocycles. The highest BCUT2D eigenvalue weighted by Gasteiger charge is 2.49. The average Bonchev–Trinajstić information content (AvgIpc) is 2.96. The zero-order valence-electron chi connectivity index (χ0n) is 17.7. The predicted octanol–water partition coefficient (Wildman–Crippen LogP) is 2.69. The molecule has 2 aromatic carbocycles. The van der Waals surface area contributed by atoms with Gasteiger partial charge in [0.2, 0.25) is 5.91 Å². The highest BCUT2D eigenvalue weighted by Crippen LogP contribution is 2.29. The van der Waals surface area contributed by atoms with E-state index in [4.69, 9.17) is 0 Å². The molecule has 3 rings (SSSR count). The summed E-state index contributed by atoms with van der Waals surface area (Å²) in [5.74, 6) is -2.29. The molecule has 1 fully saturated rings. The van der Waals surface area contributed by atoms with Crippen molar-refractivity contribution in [1.82, 2.24) is 15.5 Å². The molecular weight excluding hydrogens is 441 g/mol. The van der Waals surface area contributed by atoms with Crippen molar-refractivity contribution in [3.8, 4) is 0 Å². The summed E-state index contributed by atoms with van der Waals surface area (Å²) < 4.78 is 36.9. The van der Waals surface area contributed by atoms with Gasteiger partial charge >= 0.3 is 12.2 Å². The van der Waals surface area contributed by atoms with Crippen molar-refractivity contribution in [2.24, 2.45) is 0 Å². The van der Waals surface area contributed by atoms with Gasteiger partial charge in [-0.1, -0.05) is 35.9 Å². The number of alkyl halides is 3. The van der Waals surface area contributed by atoms with Gasteiger partial charge in [0.15, 0.2) is 0 Å². The van der Waals surface area contributed by atoms with Crippen LogP contribution < -0.4 is 16.0 Å². The number of carbonyl (C=O) groups excluding carboxylic acids is 4. The first kappa shape index (κ1) is 23.8. The molecular formula is C22H21F3N4O4. The molecule has 0 aromatic heterocycles. The molecule has 8 nitrogen and oxygen atoms in total. The van der Waals surface area contributed by atoms with E-state index in [1.807, 2.05) is 6.92 Å². The zero-order valence-corrected chi connectivity index (χ0v) is 17.7. The standard InChI is InChI=1S/C22H21F3N4O4/c1-13-6-8-15(9-7-13)21(2)19(32)29(20(33)28-21)11-17(30)27-16-5-3-4-14(10-16)18(31)26-12-22(23,24)25/h3-10H,11-12H2,1-2H3,(H,26,31)(H,27,30)(H,28,33)/t21-/m0/s1. The number of anilines is 1. The Morgan fingerprint density at radius 1 is 1.09 bits per heavy atom. The average molecular weight is 462 g/mol. The molecule has 1 heterocycles. The molecule has 0 saturated carbocycles. The molecule has 5 amide bonds. The summed E-state index contributed by atoms with van der Waals surface area (Å²) in [5.41, 5.74) is 0.227. The van der Waals surface area contributed by atoms with Crippen LogP contribution in [0.5, 0.6) is 0 Å². The number of halogens is 3. The van der Waals surface area contributed by atoms with Crippen LogP contribution in [0.3, 0.4) is 0 Å².